The Kier molecular flexibility index (Phi) is 4.92. The molecule has 0 spiro atoms. The second kappa shape index (κ2) is 7.11. The van der Waals surface area contributed by atoms with Crippen molar-refractivity contribution in [2.45, 2.75) is 19.9 Å². The predicted molar refractivity (Wildman–Crippen MR) is 93.7 cm³/mol. The van der Waals surface area contributed by atoms with Gasteiger partial charge in [-0.1, -0.05) is 0 Å². The van der Waals surface area contributed by atoms with E-state index >= 15 is 0 Å². The van der Waals surface area contributed by atoms with Crippen molar-refractivity contribution < 1.29 is 4.79 Å². The Hall–Kier alpha value is -2.25. The van der Waals surface area contributed by atoms with Crippen molar-refractivity contribution in [1.29, 1.82) is 0 Å². The number of piperazine rings is 1. The molecule has 2 aromatic rings. The number of aryl methyl sites for hydroxylation is 1. The van der Waals surface area contributed by atoms with Crippen molar-refractivity contribution in [1.82, 2.24) is 25.0 Å². The molecular weight excluding hydrogens is 304 g/mol. The van der Waals surface area contributed by atoms with Gasteiger partial charge < -0.3 is 10.2 Å². The first-order valence-corrected chi connectivity index (χ1v) is 8.26. The Morgan fingerprint density at radius 2 is 1.88 bits per heavy atom. The zero-order valence-electron chi connectivity index (χ0n) is 14.4. The Labute approximate surface area is 142 Å². The number of benzene rings is 1. The molecule has 2 N–H and O–H groups in total. The number of hydrogen-bond donors (Lipinski definition) is 2. The van der Waals surface area contributed by atoms with Crippen LogP contribution in [0.3, 0.4) is 0 Å². The fourth-order valence-electron chi connectivity index (χ4n) is 2.80. The fourth-order valence-corrected chi connectivity index (χ4v) is 2.80. The molecule has 24 heavy (non-hydrogen) atoms. The normalized spacial score (nSPS) is 17.6. The van der Waals surface area contributed by atoms with Gasteiger partial charge in [0, 0.05) is 37.4 Å². The molecule has 1 aliphatic rings. The SMILES string of the molecule is Cc1nc(-c2ccc(NC(=O)C(C)N3CCN(C)CC3)cc2)n[nH]1. The molecule has 1 amide bonds. The van der Waals surface area contributed by atoms with Crippen LogP contribution < -0.4 is 5.32 Å². The number of nitrogens with one attached hydrogen (secondary N) is 2. The highest BCUT2D eigenvalue weighted by Gasteiger charge is 2.24. The summed E-state index contributed by atoms with van der Waals surface area (Å²) in [7, 11) is 2.11. The second-order valence-corrected chi connectivity index (χ2v) is 6.33. The molecule has 7 heteroatoms. The molecule has 3 rings (SSSR count). The molecule has 128 valence electrons. The Morgan fingerprint density at radius 3 is 2.46 bits per heavy atom. The highest BCUT2D eigenvalue weighted by atomic mass is 16.2. The van der Waals surface area contributed by atoms with Crippen LogP contribution >= 0.6 is 0 Å². The number of H-pyrrole nitrogens is 1. The first kappa shape index (κ1) is 16.6. The minimum Gasteiger partial charge on any atom is -0.325 e. The van der Waals surface area contributed by atoms with E-state index in [-0.39, 0.29) is 11.9 Å². The van der Waals surface area contributed by atoms with E-state index in [1.165, 1.54) is 0 Å². The zero-order valence-corrected chi connectivity index (χ0v) is 14.4. The third-order valence-corrected chi connectivity index (χ3v) is 4.47. The summed E-state index contributed by atoms with van der Waals surface area (Å²) in [5.41, 5.74) is 1.71. The van der Waals surface area contributed by atoms with Crippen molar-refractivity contribution >= 4 is 11.6 Å². The summed E-state index contributed by atoms with van der Waals surface area (Å²) in [5, 5.41) is 9.96. The predicted octanol–water partition coefficient (Wildman–Crippen LogP) is 1.35. The zero-order chi connectivity index (χ0) is 17.1. The molecule has 0 radical (unpaired) electrons. The molecule has 1 saturated heterocycles. The molecule has 0 aliphatic carbocycles. The summed E-state index contributed by atoms with van der Waals surface area (Å²) < 4.78 is 0. The maximum atomic E-state index is 12.5. The van der Waals surface area contributed by atoms with Gasteiger partial charge in [-0.3, -0.25) is 14.8 Å². The highest BCUT2D eigenvalue weighted by Crippen LogP contribution is 2.18. The number of anilines is 1. The van der Waals surface area contributed by atoms with Crippen LogP contribution in [0.4, 0.5) is 5.69 Å². The maximum absolute atomic E-state index is 12.5. The van der Waals surface area contributed by atoms with Crippen LogP contribution in [-0.2, 0) is 4.79 Å². The third kappa shape index (κ3) is 3.80. The lowest BCUT2D eigenvalue weighted by atomic mass is 10.1. The largest absolute Gasteiger partial charge is 0.325 e. The smallest absolute Gasteiger partial charge is 0.241 e. The lowest BCUT2D eigenvalue weighted by Gasteiger charge is -2.35. The molecule has 1 fully saturated rings. The number of carbonyl (C=O) groups is 1. The lowest BCUT2D eigenvalue weighted by molar-refractivity contribution is -0.121. The average molecular weight is 328 g/mol. The van der Waals surface area contributed by atoms with E-state index in [4.69, 9.17) is 0 Å². The number of carbonyl (C=O) groups excluding carboxylic acids is 1. The van der Waals surface area contributed by atoms with Crippen LogP contribution in [0.25, 0.3) is 11.4 Å². The van der Waals surface area contributed by atoms with Gasteiger partial charge in [0.25, 0.3) is 0 Å². The molecule has 1 aromatic heterocycles. The van der Waals surface area contributed by atoms with E-state index in [0.717, 1.165) is 43.3 Å². The number of aromatic amines is 1. The van der Waals surface area contributed by atoms with Crippen molar-refractivity contribution in [2.24, 2.45) is 0 Å². The summed E-state index contributed by atoms with van der Waals surface area (Å²) in [4.78, 5) is 21.3. The first-order valence-electron chi connectivity index (χ1n) is 8.26. The number of amides is 1. The van der Waals surface area contributed by atoms with Gasteiger partial charge in [-0.25, -0.2) is 4.98 Å². The molecule has 0 bridgehead atoms. The summed E-state index contributed by atoms with van der Waals surface area (Å²) in [6, 6.07) is 7.47. The summed E-state index contributed by atoms with van der Waals surface area (Å²) in [6.45, 7) is 7.68. The van der Waals surface area contributed by atoms with Gasteiger partial charge in [-0.2, -0.15) is 5.10 Å². The van der Waals surface area contributed by atoms with Gasteiger partial charge in [-0.15, -0.1) is 0 Å². The van der Waals surface area contributed by atoms with E-state index in [1.54, 1.807) is 0 Å². The molecule has 0 saturated carbocycles. The first-order chi connectivity index (χ1) is 11.5. The number of likely N-dealkylation sites (N-methyl/N-ethyl adjacent to an activating group) is 1. The fraction of sp³-hybridized carbons (Fsp3) is 0.471. The Balaban J connectivity index is 1.60. The summed E-state index contributed by atoms with van der Waals surface area (Å²) >= 11 is 0. The maximum Gasteiger partial charge on any atom is 0.241 e. The van der Waals surface area contributed by atoms with E-state index < -0.39 is 0 Å². The number of nitrogens with zero attached hydrogens (tertiary/aromatic N) is 4. The molecule has 7 nitrogen and oxygen atoms in total. The van der Waals surface area contributed by atoms with E-state index in [9.17, 15) is 4.79 Å². The van der Waals surface area contributed by atoms with E-state index in [0.29, 0.717) is 5.82 Å². The quantitative estimate of drug-likeness (QED) is 0.886. The van der Waals surface area contributed by atoms with Gasteiger partial charge in [0.1, 0.15) is 5.82 Å². The summed E-state index contributed by atoms with van der Waals surface area (Å²) in [6.07, 6.45) is 0. The Bertz CT molecular complexity index is 687. The van der Waals surface area contributed by atoms with E-state index in [1.807, 2.05) is 38.1 Å². The molecule has 2 heterocycles. The van der Waals surface area contributed by atoms with Gasteiger partial charge in [0.15, 0.2) is 5.82 Å². The van der Waals surface area contributed by atoms with Gasteiger partial charge in [0.05, 0.1) is 6.04 Å². The standard InChI is InChI=1S/C17H24N6O/c1-12(23-10-8-22(3)9-11-23)17(24)19-15-6-4-14(5-7-15)16-18-13(2)20-21-16/h4-7,12H,8-11H2,1-3H3,(H,19,24)(H,18,20,21). The van der Waals surface area contributed by atoms with Gasteiger partial charge in [0.2, 0.25) is 5.91 Å². The average Bonchev–Trinajstić information content (AvgIpc) is 3.02. The minimum absolute atomic E-state index is 0.0287. The lowest BCUT2D eigenvalue weighted by Crippen LogP contribution is -2.51. The highest BCUT2D eigenvalue weighted by molar-refractivity contribution is 5.94. The van der Waals surface area contributed by atoms with E-state index in [2.05, 4.69) is 37.3 Å². The molecule has 1 aromatic carbocycles. The van der Waals surface area contributed by atoms with Crippen LogP contribution in [0.2, 0.25) is 0 Å². The summed E-state index contributed by atoms with van der Waals surface area (Å²) in [5.74, 6) is 1.47. The van der Waals surface area contributed by atoms with Crippen LogP contribution in [0, 0.1) is 6.92 Å². The van der Waals surface area contributed by atoms with Crippen molar-refractivity contribution in [3.63, 3.8) is 0 Å². The van der Waals surface area contributed by atoms with Crippen LogP contribution in [0.15, 0.2) is 24.3 Å². The Morgan fingerprint density at radius 1 is 1.21 bits per heavy atom. The number of rotatable bonds is 4. The topological polar surface area (TPSA) is 77.2 Å². The van der Waals surface area contributed by atoms with Crippen molar-refractivity contribution in [2.75, 3.05) is 38.5 Å². The molecule has 1 aliphatic heterocycles. The van der Waals surface area contributed by atoms with Crippen molar-refractivity contribution in [3.8, 4) is 11.4 Å². The second-order valence-electron chi connectivity index (χ2n) is 6.33. The van der Waals surface area contributed by atoms with Gasteiger partial charge in [-0.05, 0) is 45.2 Å². The van der Waals surface area contributed by atoms with Crippen LogP contribution in [0.1, 0.15) is 12.7 Å². The number of aromatic nitrogens is 3. The molecular formula is C17H24N6O. The molecule has 1 unspecified atom stereocenters. The van der Waals surface area contributed by atoms with Crippen LogP contribution in [0.5, 0.6) is 0 Å². The third-order valence-electron chi connectivity index (χ3n) is 4.47. The number of hydrogen-bond acceptors (Lipinski definition) is 5. The van der Waals surface area contributed by atoms with Crippen molar-refractivity contribution in [3.05, 3.63) is 30.1 Å². The monoisotopic (exact) mass is 328 g/mol. The minimum atomic E-state index is -0.131. The van der Waals surface area contributed by atoms with Gasteiger partial charge >= 0.3 is 0 Å². The van der Waals surface area contributed by atoms with Crippen LogP contribution in [-0.4, -0.2) is 70.2 Å². The molecule has 1 atom stereocenters.